The minimum Gasteiger partial charge on any atom is -0.449 e. The maximum atomic E-state index is 10.7. The SMILES string of the molecule is N#CCN1CCCOC1=O. The largest absolute Gasteiger partial charge is 0.449 e. The summed E-state index contributed by atoms with van der Waals surface area (Å²) in [5.41, 5.74) is 0. The van der Waals surface area contributed by atoms with Gasteiger partial charge in [0, 0.05) is 6.54 Å². The van der Waals surface area contributed by atoms with Gasteiger partial charge in [-0.2, -0.15) is 5.26 Å². The van der Waals surface area contributed by atoms with Crippen molar-refractivity contribution in [2.75, 3.05) is 19.7 Å². The van der Waals surface area contributed by atoms with E-state index in [4.69, 9.17) is 5.26 Å². The Morgan fingerprint density at radius 3 is 3.20 bits per heavy atom. The highest BCUT2D eigenvalue weighted by Gasteiger charge is 2.18. The van der Waals surface area contributed by atoms with Gasteiger partial charge in [0.1, 0.15) is 6.54 Å². The lowest BCUT2D eigenvalue weighted by Crippen LogP contribution is -2.37. The van der Waals surface area contributed by atoms with E-state index in [1.165, 1.54) is 4.90 Å². The fourth-order valence-electron chi connectivity index (χ4n) is 0.826. The van der Waals surface area contributed by atoms with Crippen LogP contribution in [0.3, 0.4) is 0 Å². The second-order valence-electron chi connectivity index (χ2n) is 2.05. The second-order valence-corrected chi connectivity index (χ2v) is 2.05. The van der Waals surface area contributed by atoms with Gasteiger partial charge in [-0.1, -0.05) is 0 Å². The number of amides is 1. The maximum Gasteiger partial charge on any atom is 0.410 e. The lowest BCUT2D eigenvalue weighted by molar-refractivity contribution is 0.0782. The number of ether oxygens (including phenoxy) is 1. The van der Waals surface area contributed by atoms with Gasteiger partial charge in [0.2, 0.25) is 0 Å². The van der Waals surface area contributed by atoms with Crippen molar-refractivity contribution in [2.24, 2.45) is 0 Å². The highest BCUT2D eigenvalue weighted by atomic mass is 16.6. The summed E-state index contributed by atoms with van der Waals surface area (Å²) in [6, 6.07) is 1.89. The van der Waals surface area contributed by atoms with Crippen molar-refractivity contribution >= 4 is 6.09 Å². The summed E-state index contributed by atoms with van der Waals surface area (Å²) in [6.07, 6.45) is 0.459. The molecule has 1 aliphatic rings. The summed E-state index contributed by atoms with van der Waals surface area (Å²) in [5.74, 6) is 0. The van der Waals surface area contributed by atoms with Crippen LogP contribution in [0.2, 0.25) is 0 Å². The van der Waals surface area contributed by atoms with Gasteiger partial charge in [-0.15, -0.1) is 0 Å². The number of carbonyl (C=O) groups excluding carboxylic acids is 1. The van der Waals surface area contributed by atoms with Gasteiger partial charge < -0.3 is 4.74 Å². The van der Waals surface area contributed by atoms with Crippen LogP contribution in [-0.4, -0.2) is 30.7 Å². The van der Waals surface area contributed by atoms with E-state index in [0.29, 0.717) is 13.2 Å². The molecule has 0 bridgehead atoms. The van der Waals surface area contributed by atoms with E-state index in [9.17, 15) is 4.79 Å². The van der Waals surface area contributed by atoms with Crippen LogP contribution in [0, 0.1) is 11.3 Å². The molecule has 0 N–H and O–H groups in total. The molecule has 4 heteroatoms. The fourth-order valence-corrected chi connectivity index (χ4v) is 0.826. The Kier molecular flexibility index (Phi) is 2.11. The molecule has 54 valence electrons. The Hall–Kier alpha value is -1.24. The van der Waals surface area contributed by atoms with Crippen LogP contribution in [0.5, 0.6) is 0 Å². The van der Waals surface area contributed by atoms with Crippen LogP contribution in [0.25, 0.3) is 0 Å². The van der Waals surface area contributed by atoms with Crippen molar-refractivity contribution in [2.45, 2.75) is 6.42 Å². The molecule has 0 spiro atoms. The molecule has 1 saturated heterocycles. The minimum absolute atomic E-state index is 0.138. The monoisotopic (exact) mass is 140 g/mol. The molecule has 0 saturated carbocycles. The van der Waals surface area contributed by atoms with Crippen LogP contribution in [0.1, 0.15) is 6.42 Å². The maximum absolute atomic E-state index is 10.7. The Bertz CT molecular complexity index is 173. The quantitative estimate of drug-likeness (QED) is 0.494. The zero-order valence-corrected chi connectivity index (χ0v) is 5.54. The molecule has 0 atom stereocenters. The number of rotatable bonds is 1. The zero-order chi connectivity index (χ0) is 7.40. The molecular formula is C6H8N2O2. The third-order valence-electron chi connectivity index (χ3n) is 1.32. The summed E-state index contributed by atoms with van der Waals surface area (Å²) in [4.78, 5) is 12.1. The second kappa shape index (κ2) is 3.06. The van der Waals surface area contributed by atoms with Crippen molar-refractivity contribution in [1.29, 1.82) is 5.26 Å². The summed E-state index contributed by atoms with van der Waals surface area (Å²) < 4.78 is 4.68. The predicted molar refractivity (Wildman–Crippen MR) is 33.2 cm³/mol. The molecule has 0 aliphatic carbocycles. The molecule has 1 aliphatic heterocycles. The van der Waals surface area contributed by atoms with Gasteiger partial charge in [0.05, 0.1) is 12.7 Å². The van der Waals surface area contributed by atoms with E-state index in [-0.39, 0.29) is 12.6 Å². The molecule has 0 aromatic heterocycles. The topological polar surface area (TPSA) is 53.3 Å². The lowest BCUT2D eigenvalue weighted by Gasteiger charge is -2.23. The highest BCUT2D eigenvalue weighted by molar-refractivity contribution is 5.68. The first-order valence-electron chi connectivity index (χ1n) is 3.13. The first-order valence-corrected chi connectivity index (χ1v) is 3.13. The van der Waals surface area contributed by atoms with Gasteiger partial charge in [-0.05, 0) is 6.42 Å². The first-order chi connectivity index (χ1) is 4.84. The van der Waals surface area contributed by atoms with Crippen molar-refractivity contribution in [3.05, 3.63) is 0 Å². The van der Waals surface area contributed by atoms with Crippen molar-refractivity contribution in [3.8, 4) is 6.07 Å². The third kappa shape index (κ3) is 1.38. The van der Waals surface area contributed by atoms with Crippen molar-refractivity contribution in [1.82, 2.24) is 4.90 Å². The Labute approximate surface area is 59.0 Å². The van der Waals surface area contributed by atoms with Gasteiger partial charge in [-0.3, -0.25) is 4.90 Å². The number of nitrogens with zero attached hydrogens (tertiary/aromatic N) is 2. The van der Waals surface area contributed by atoms with E-state index in [1.54, 1.807) is 0 Å². The number of hydrogen-bond donors (Lipinski definition) is 0. The molecule has 1 rings (SSSR count). The average Bonchev–Trinajstić information content (AvgIpc) is 1.94. The van der Waals surface area contributed by atoms with Gasteiger partial charge in [0.25, 0.3) is 0 Å². The molecule has 0 radical (unpaired) electrons. The molecule has 1 heterocycles. The molecule has 1 amide bonds. The van der Waals surface area contributed by atoms with Gasteiger partial charge in [0.15, 0.2) is 0 Å². The molecule has 0 unspecified atom stereocenters. The normalized spacial score (nSPS) is 17.9. The molecule has 4 nitrogen and oxygen atoms in total. The van der Waals surface area contributed by atoms with E-state index in [2.05, 4.69) is 4.74 Å². The molecule has 0 aromatic rings. The number of carbonyl (C=O) groups is 1. The number of hydrogen-bond acceptors (Lipinski definition) is 3. The molecule has 1 fully saturated rings. The zero-order valence-electron chi connectivity index (χ0n) is 5.54. The standard InChI is InChI=1S/C6H8N2O2/c7-2-4-8-3-1-5-10-6(8)9/h1,3-5H2. The number of nitriles is 1. The fraction of sp³-hybridized carbons (Fsp3) is 0.667. The summed E-state index contributed by atoms with van der Waals surface area (Å²) in [7, 11) is 0. The van der Waals surface area contributed by atoms with Crippen LogP contribution in [0.4, 0.5) is 4.79 Å². The van der Waals surface area contributed by atoms with Gasteiger partial charge >= 0.3 is 6.09 Å². The minimum atomic E-state index is -0.368. The summed E-state index contributed by atoms with van der Waals surface area (Å²) >= 11 is 0. The predicted octanol–water partition coefficient (Wildman–Crippen LogP) is 0.352. The molecular weight excluding hydrogens is 132 g/mol. The number of cyclic esters (lactones) is 1. The summed E-state index contributed by atoms with van der Waals surface area (Å²) in [5, 5.41) is 8.24. The Balaban J connectivity index is 2.42. The van der Waals surface area contributed by atoms with E-state index >= 15 is 0 Å². The van der Waals surface area contributed by atoms with Crippen LogP contribution >= 0.6 is 0 Å². The van der Waals surface area contributed by atoms with Crippen molar-refractivity contribution in [3.63, 3.8) is 0 Å². The lowest BCUT2D eigenvalue weighted by atomic mass is 10.4. The van der Waals surface area contributed by atoms with Crippen LogP contribution < -0.4 is 0 Å². The summed E-state index contributed by atoms with van der Waals surface area (Å²) in [6.45, 7) is 1.27. The first kappa shape index (κ1) is 6.87. The highest BCUT2D eigenvalue weighted by Crippen LogP contribution is 2.02. The van der Waals surface area contributed by atoms with Crippen LogP contribution in [-0.2, 0) is 4.74 Å². The van der Waals surface area contributed by atoms with E-state index in [0.717, 1.165) is 6.42 Å². The Morgan fingerprint density at radius 2 is 2.60 bits per heavy atom. The molecule has 0 aromatic carbocycles. The molecule has 10 heavy (non-hydrogen) atoms. The van der Waals surface area contributed by atoms with Crippen LogP contribution in [0.15, 0.2) is 0 Å². The van der Waals surface area contributed by atoms with E-state index < -0.39 is 0 Å². The van der Waals surface area contributed by atoms with E-state index in [1.807, 2.05) is 6.07 Å². The average molecular weight is 140 g/mol. The van der Waals surface area contributed by atoms with Crippen molar-refractivity contribution < 1.29 is 9.53 Å². The Morgan fingerprint density at radius 1 is 1.80 bits per heavy atom. The van der Waals surface area contributed by atoms with Gasteiger partial charge in [-0.25, -0.2) is 4.79 Å². The third-order valence-corrected chi connectivity index (χ3v) is 1.32. The smallest absolute Gasteiger partial charge is 0.410 e.